The molecule has 0 spiro atoms. The van der Waals surface area contributed by atoms with E-state index in [2.05, 4.69) is 10.3 Å². The minimum absolute atomic E-state index is 0. The van der Waals surface area contributed by atoms with Crippen molar-refractivity contribution < 1.29 is 9.72 Å². The molecule has 0 radical (unpaired) electrons. The fraction of sp³-hybridized carbons (Fsp3) is 0.375. The van der Waals surface area contributed by atoms with Gasteiger partial charge in [0.25, 0.3) is 11.6 Å². The summed E-state index contributed by atoms with van der Waals surface area (Å²) in [7, 11) is 1.90. The van der Waals surface area contributed by atoms with E-state index >= 15 is 0 Å². The van der Waals surface area contributed by atoms with Crippen molar-refractivity contribution in [3.63, 3.8) is 0 Å². The van der Waals surface area contributed by atoms with Crippen LogP contribution in [0.15, 0.2) is 29.6 Å². The van der Waals surface area contributed by atoms with Crippen molar-refractivity contribution in [2.45, 2.75) is 18.9 Å². The Bertz CT molecular complexity index is 767. The third-order valence-electron chi connectivity index (χ3n) is 4.14. The molecule has 1 aliphatic rings. The number of likely N-dealkylation sites (N-methyl/N-ethyl adjacent to an activating group) is 1. The summed E-state index contributed by atoms with van der Waals surface area (Å²) in [5, 5.41) is 16.4. The van der Waals surface area contributed by atoms with Gasteiger partial charge in [0.15, 0.2) is 0 Å². The minimum Gasteiger partial charge on any atom is -0.336 e. The number of aromatic nitrogens is 1. The molecule has 9 heteroatoms. The first-order valence-corrected chi connectivity index (χ1v) is 8.63. The summed E-state index contributed by atoms with van der Waals surface area (Å²) in [6.45, 7) is 1.42. The van der Waals surface area contributed by atoms with Gasteiger partial charge in [-0.1, -0.05) is 12.1 Å². The molecule has 0 bridgehead atoms. The van der Waals surface area contributed by atoms with E-state index < -0.39 is 4.92 Å². The number of amides is 1. The molecule has 134 valence electrons. The van der Waals surface area contributed by atoms with Gasteiger partial charge < -0.3 is 10.2 Å². The highest BCUT2D eigenvalue weighted by atomic mass is 35.5. The van der Waals surface area contributed by atoms with Gasteiger partial charge in [-0.05, 0) is 19.9 Å². The van der Waals surface area contributed by atoms with Crippen LogP contribution in [-0.2, 0) is 0 Å². The molecule has 1 aromatic heterocycles. The molecule has 1 unspecified atom stereocenters. The number of likely N-dealkylation sites (tertiary alicyclic amines) is 1. The molecule has 0 saturated carbocycles. The van der Waals surface area contributed by atoms with Crippen molar-refractivity contribution in [2.75, 3.05) is 20.1 Å². The van der Waals surface area contributed by atoms with E-state index in [-0.39, 0.29) is 24.0 Å². The Morgan fingerprint density at radius 1 is 1.48 bits per heavy atom. The lowest BCUT2D eigenvalue weighted by atomic mass is 10.1. The molecule has 3 rings (SSSR count). The van der Waals surface area contributed by atoms with E-state index in [1.165, 1.54) is 23.5 Å². The topological polar surface area (TPSA) is 88.4 Å². The zero-order chi connectivity index (χ0) is 17.1. The Kier molecular flexibility index (Phi) is 6.46. The second-order valence-corrected chi connectivity index (χ2v) is 6.58. The second kappa shape index (κ2) is 8.37. The molecule has 1 aliphatic heterocycles. The van der Waals surface area contributed by atoms with Crippen LogP contribution in [0.25, 0.3) is 10.6 Å². The molecule has 7 nitrogen and oxygen atoms in total. The summed E-state index contributed by atoms with van der Waals surface area (Å²) in [5.74, 6) is -0.0807. The third kappa shape index (κ3) is 4.33. The maximum absolute atomic E-state index is 12.6. The third-order valence-corrected chi connectivity index (χ3v) is 5.04. The largest absolute Gasteiger partial charge is 0.336 e. The fourth-order valence-corrected chi connectivity index (χ4v) is 3.61. The van der Waals surface area contributed by atoms with Gasteiger partial charge in [-0.2, -0.15) is 0 Å². The highest BCUT2D eigenvalue weighted by Gasteiger charge is 2.25. The summed E-state index contributed by atoms with van der Waals surface area (Å²) in [4.78, 5) is 29.3. The van der Waals surface area contributed by atoms with Crippen molar-refractivity contribution in [1.82, 2.24) is 15.2 Å². The van der Waals surface area contributed by atoms with Crippen molar-refractivity contribution >= 4 is 35.3 Å². The Morgan fingerprint density at radius 2 is 2.28 bits per heavy atom. The van der Waals surface area contributed by atoms with Crippen LogP contribution in [0.5, 0.6) is 0 Å². The lowest BCUT2D eigenvalue weighted by Crippen LogP contribution is -2.47. The molecule has 1 saturated heterocycles. The number of carbonyl (C=O) groups is 1. The SMILES string of the molecule is CNC1CCCN(C(=O)c2csc(-c3cccc([N+](=O)[O-])c3)n2)C1.Cl. The highest BCUT2D eigenvalue weighted by Crippen LogP contribution is 2.27. The van der Waals surface area contributed by atoms with Crippen LogP contribution in [0.3, 0.4) is 0 Å². The molecular weight excluding hydrogens is 364 g/mol. The van der Waals surface area contributed by atoms with Crippen LogP contribution >= 0.6 is 23.7 Å². The predicted octanol–water partition coefficient (Wildman–Crippen LogP) is 2.96. The molecule has 2 aromatic rings. The average Bonchev–Trinajstić information content (AvgIpc) is 3.11. The number of nitro groups is 1. The predicted molar refractivity (Wildman–Crippen MR) is 99.4 cm³/mol. The van der Waals surface area contributed by atoms with Gasteiger partial charge in [-0.3, -0.25) is 14.9 Å². The van der Waals surface area contributed by atoms with E-state index in [1.807, 2.05) is 11.9 Å². The second-order valence-electron chi connectivity index (χ2n) is 5.72. The van der Waals surface area contributed by atoms with E-state index in [4.69, 9.17) is 0 Å². The molecule has 0 aliphatic carbocycles. The summed E-state index contributed by atoms with van der Waals surface area (Å²) in [5.41, 5.74) is 1.07. The molecule has 1 atom stereocenters. The zero-order valence-corrected chi connectivity index (χ0v) is 15.3. The highest BCUT2D eigenvalue weighted by molar-refractivity contribution is 7.13. The number of nitrogens with one attached hydrogen (secondary N) is 1. The summed E-state index contributed by atoms with van der Waals surface area (Å²) < 4.78 is 0. The van der Waals surface area contributed by atoms with Gasteiger partial charge in [0.05, 0.1) is 4.92 Å². The lowest BCUT2D eigenvalue weighted by Gasteiger charge is -2.32. The van der Waals surface area contributed by atoms with Crippen molar-refractivity contribution in [2.24, 2.45) is 0 Å². The number of non-ortho nitro benzene ring substituents is 1. The molecule has 1 fully saturated rings. The van der Waals surface area contributed by atoms with Crippen molar-refractivity contribution in [3.8, 4) is 10.6 Å². The molecule has 25 heavy (non-hydrogen) atoms. The van der Waals surface area contributed by atoms with Crippen LogP contribution in [0, 0.1) is 10.1 Å². The maximum atomic E-state index is 12.6. The van der Waals surface area contributed by atoms with Crippen LogP contribution in [0.1, 0.15) is 23.3 Å². The molecule has 1 N–H and O–H groups in total. The Labute approximate surface area is 155 Å². The first kappa shape index (κ1) is 19.3. The number of benzene rings is 1. The van der Waals surface area contributed by atoms with Gasteiger partial charge in [-0.15, -0.1) is 23.7 Å². The van der Waals surface area contributed by atoms with Crippen molar-refractivity contribution in [3.05, 3.63) is 45.5 Å². The Balaban J connectivity index is 0.00000225. The van der Waals surface area contributed by atoms with Gasteiger partial charge in [0.2, 0.25) is 0 Å². The van der Waals surface area contributed by atoms with E-state index in [9.17, 15) is 14.9 Å². The standard InChI is InChI=1S/C16H18N4O3S.ClH/c1-17-12-5-3-7-19(9-12)16(21)14-10-24-15(18-14)11-4-2-6-13(8-11)20(22)23;/h2,4,6,8,10,12,17H,3,5,7,9H2,1H3;1H. The summed E-state index contributed by atoms with van der Waals surface area (Å²) in [6, 6.07) is 6.62. The number of hydrogen-bond donors (Lipinski definition) is 1. The number of nitro benzene ring substituents is 1. The average molecular weight is 383 g/mol. The number of rotatable bonds is 4. The van der Waals surface area contributed by atoms with E-state index in [0.717, 1.165) is 19.4 Å². The number of nitrogens with zero attached hydrogens (tertiary/aromatic N) is 3. The maximum Gasteiger partial charge on any atom is 0.273 e. The lowest BCUT2D eigenvalue weighted by molar-refractivity contribution is -0.384. The zero-order valence-electron chi connectivity index (χ0n) is 13.7. The quantitative estimate of drug-likeness (QED) is 0.648. The van der Waals surface area contributed by atoms with E-state index in [0.29, 0.717) is 28.9 Å². The number of piperidine rings is 1. The van der Waals surface area contributed by atoms with Gasteiger partial charge >= 0.3 is 0 Å². The normalized spacial score (nSPS) is 17.0. The summed E-state index contributed by atoms with van der Waals surface area (Å²) >= 11 is 1.33. The minimum atomic E-state index is -0.436. The first-order valence-electron chi connectivity index (χ1n) is 7.75. The number of halogens is 1. The smallest absolute Gasteiger partial charge is 0.273 e. The van der Waals surface area contributed by atoms with Gasteiger partial charge in [0.1, 0.15) is 10.7 Å². The van der Waals surface area contributed by atoms with Gasteiger partial charge in [0, 0.05) is 42.2 Å². The first-order chi connectivity index (χ1) is 11.6. The Morgan fingerprint density at radius 3 is 3.00 bits per heavy atom. The number of carbonyl (C=O) groups excluding carboxylic acids is 1. The molecular formula is C16H19ClN4O3S. The Hall–Kier alpha value is -2.03. The molecule has 2 heterocycles. The summed E-state index contributed by atoms with van der Waals surface area (Å²) in [6.07, 6.45) is 2.04. The van der Waals surface area contributed by atoms with Gasteiger partial charge in [-0.25, -0.2) is 4.98 Å². The van der Waals surface area contributed by atoms with Crippen LogP contribution in [0.4, 0.5) is 5.69 Å². The van der Waals surface area contributed by atoms with Crippen molar-refractivity contribution in [1.29, 1.82) is 0 Å². The van der Waals surface area contributed by atoms with Crippen LogP contribution in [-0.4, -0.2) is 46.9 Å². The van der Waals surface area contributed by atoms with Crippen LogP contribution < -0.4 is 5.32 Å². The van der Waals surface area contributed by atoms with Crippen LogP contribution in [0.2, 0.25) is 0 Å². The molecule has 1 aromatic carbocycles. The number of hydrogen-bond acceptors (Lipinski definition) is 6. The fourth-order valence-electron chi connectivity index (χ4n) is 2.82. The monoisotopic (exact) mass is 382 g/mol. The molecule has 1 amide bonds. The van der Waals surface area contributed by atoms with E-state index in [1.54, 1.807) is 17.5 Å². The number of thiazole rings is 1.